The van der Waals surface area contributed by atoms with Crippen LogP contribution in [0.3, 0.4) is 0 Å². The molecule has 0 saturated heterocycles. The zero-order chi connectivity index (χ0) is 12.8. The zero-order valence-corrected chi connectivity index (χ0v) is 10.7. The molecule has 0 aliphatic carbocycles. The summed E-state index contributed by atoms with van der Waals surface area (Å²) in [6.45, 7) is 5.96. The second-order valence-electron chi connectivity index (χ2n) is 5.11. The van der Waals surface area contributed by atoms with Crippen LogP contribution in [-0.4, -0.2) is 4.98 Å². The third kappa shape index (κ3) is 2.20. The van der Waals surface area contributed by atoms with Crippen LogP contribution in [0.5, 0.6) is 0 Å². The van der Waals surface area contributed by atoms with E-state index in [0.717, 1.165) is 5.69 Å². The van der Waals surface area contributed by atoms with Gasteiger partial charge in [-0.25, -0.2) is 4.39 Å². The molecular formula is C13H13ClFNO. The molecule has 0 aliphatic rings. The maximum Gasteiger partial charge on any atom is 0.189 e. The molecule has 1 N–H and O–H groups in total. The van der Waals surface area contributed by atoms with E-state index in [-0.39, 0.29) is 21.3 Å². The second-order valence-corrected chi connectivity index (χ2v) is 5.51. The lowest BCUT2D eigenvalue weighted by molar-refractivity contribution is 0.571. The Labute approximate surface area is 103 Å². The summed E-state index contributed by atoms with van der Waals surface area (Å²) in [7, 11) is 0. The molecule has 2 aromatic rings. The van der Waals surface area contributed by atoms with Gasteiger partial charge >= 0.3 is 0 Å². The van der Waals surface area contributed by atoms with Crippen LogP contribution < -0.4 is 5.43 Å². The Hall–Kier alpha value is -1.35. The van der Waals surface area contributed by atoms with E-state index in [1.54, 1.807) is 0 Å². The third-order valence-electron chi connectivity index (χ3n) is 2.66. The standard InChI is InChI=1S/C13H13ClFNO/c1-13(2,3)11-6-10(17)8-4-7(15)5-9(14)12(8)16-11/h4-6H,1-3H3,(H,16,17). The SMILES string of the molecule is CC(C)(C)c1cc(=O)c2cc(F)cc(Cl)c2[nH]1. The van der Waals surface area contributed by atoms with Crippen molar-refractivity contribution in [2.75, 3.05) is 0 Å². The minimum atomic E-state index is -0.503. The van der Waals surface area contributed by atoms with Gasteiger partial charge in [0.2, 0.25) is 0 Å². The van der Waals surface area contributed by atoms with Crippen molar-refractivity contribution in [3.63, 3.8) is 0 Å². The second kappa shape index (κ2) is 3.84. The fourth-order valence-corrected chi connectivity index (χ4v) is 1.93. The highest BCUT2D eigenvalue weighted by Gasteiger charge is 2.17. The summed E-state index contributed by atoms with van der Waals surface area (Å²) in [5, 5.41) is 0.506. The number of nitrogens with one attached hydrogen (secondary N) is 1. The van der Waals surface area contributed by atoms with E-state index in [1.807, 2.05) is 20.8 Å². The highest BCUT2D eigenvalue weighted by atomic mass is 35.5. The summed E-state index contributed by atoms with van der Waals surface area (Å²) in [6.07, 6.45) is 0. The molecule has 0 saturated carbocycles. The predicted octanol–water partition coefficient (Wildman–Crippen LogP) is 3.62. The van der Waals surface area contributed by atoms with Crippen LogP contribution in [0.4, 0.5) is 4.39 Å². The van der Waals surface area contributed by atoms with Crippen molar-refractivity contribution in [3.8, 4) is 0 Å². The molecule has 4 heteroatoms. The van der Waals surface area contributed by atoms with Crippen LogP contribution in [-0.2, 0) is 5.41 Å². The van der Waals surface area contributed by atoms with Crippen molar-refractivity contribution in [2.45, 2.75) is 26.2 Å². The van der Waals surface area contributed by atoms with Gasteiger partial charge in [0.05, 0.1) is 10.5 Å². The van der Waals surface area contributed by atoms with Gasteiger partial charge in [0, 0.05) is 22.6 Å². The van der Waals surface area contributed by atoms with Crippen molar-refractivity contribution in [1.82, 2.24) is 4.98 Å². The molecule has 1 aromatic heterocycles. The Bertz CT molecular complexity index is 640. The molecule has 0 radical (unpaired) electrons. The normalized spacial score (nSPS) is 12.1. The number of hydrogen-bond acceptors (Lipinski definition) is 1. The predicted molar refractivity (Wildman–Crippen MR) is 68.2 cm³/mol. The van der Waals surface area contributed by atoms with Crippen molar-refractivity contribution in [2.24, 2.45) is 0 Å². The number of H-pyrrole nitrogens is 1. The quantitative estimate of drug-likeness (QED) is 0.764. The number of rotatable bonds is 0. The van der Waals surface area contributed by atoms with Crippen molar-refractivity contribution in [3.05, 3.63) is 45.0 Å². The molecule has 2 rings (SSSR count). The molecule has 0 unspecified atom stereocenters. The Kier molecular flexibility index (Phi) is 2.74. The molecule has 1 aromatic carbocycles. The molecule has 0 bridgehead atoms. The minimum Gasteiger partial charge on any atom is -0.357 e. The van der Waals surface area contributed by atoms with E-state index in [2.05, 4.69) is 4.98 Å². The van der Waals surface area contributed by atoms with Crippen LogP contribution in [0, 0.1) is 5.82 Å². The largest absolute Gasteiger partial charge is 0.357 e. The Balaban J connectivity index is 2.88. The molecule has 17 heavy (non-hydrogen) atoms. The highest BCUT2D eigenvalue weighted by Crippen LogP contribution is 2.25. The molecule has 0 fully saturated rings. The van der Waals surface area contributed by atoms with Crippen molar-refractivity contribution >= 4 is 22.5 Å². The molecule has 0 amide bonds. The highest BCUT2D eigenvalue weighted by molar-refractivity contribution is 6.35. The molecule has 1 heterocycles. The van der Waals surface area contributed by atoms with E-state index in [9.17, 15) is 9.18 Å². The summed E-state index contributed by atoms with van der Waals surface area (Å²) < 4.78 is 13.2. The first-order valence-electron chi connectivity index (χ1n) is 5.31. The summed E-state index contributed by atoms with van der Waals surface area (Å²) in [5.41, 5.74) is 0.865. The average Bonchev–Trinajstić information content (AvgIpc) is 2.17. The first-order chi connectivity index (χ1) is 7.79. The lowest BCUT2D eigenvalue weighted by Gasteiger charge is -2.19. The minimum absolute atomic E-state index is 0.189. The van der Waals surface area contributed by atoms with Gasteiger partial charge in [-0.15, -0.1) is 0 Å². The van der Waals surface area contributed by atoms with Gasteiger partial charge in [0.1, 0.15) is 5.82 Å². The lowest BCUT2D eigenvalue weighted by atomic mass is 9.91. The molecule has 90 valence electrons. The number of benzene rings is 1. The topological polar surface area (TPSA) is 32.9 Å². The molecule has 2 nitrogen and oxygen atoms in total. The van der Waals surface area contributed by atoms with Crippen LogP contribution >= 0.6 is 11.6 Å². The molecular weight excluding hydrogens is 241 g/mol. The van der Waals surface area contributed by atoms with Gasteiger partial charge in [-0.1, -0.05) is 32.4 Å². The first kappa shape index (κ1) is 12.1. The van der Waals surface area contributed by atoms with Gasteiger partial charge in [-0.3, -0.25) is 4.79 Å². The fraction of sp³-hybridized carbons (Fsp3) is 0.308. The van der Waals surface area contributed by atoms with Crippen LogP contribution in [0.15, 0.2) is 23.0 Å². The van der Waals surface area contributed by atoms with E-state index in [4.69, 9.17) is 11.6 Å². The van der Waals surface area contributed by atoms with Gasteiger partial charge in [0.15, 0.2) is 5.43 Å². The maximum atomic E-state index is 13.2. The lowest BCUT2D eigenvalue weighted by Crippen LogP contribution is -2.17. The number of aromatic nitrogens is 1. The summed E-state index contributed by atoms with van der Waals surface area (Å²) in [5.74, 6) is -0.503. The summed E-state index contributed by atoms with van der Waals surface area (Å²) in [4.78, 5) is 15.0. The van der Waals surface area contributed by atoms with E-state index >= 15 is 0 Å². The first-order valence-corrected chi connectivity index (χ1v) is 5.69. The number of halogens is 2. The van der Waals surface area contributed by atoms with E-state index in [0.29, 0.717) is 5.52 Å². The molecule has 0 spiro atoms. The van der Waals surface area contributed by atoms with Gasteiger partial charge in [-0.2, -0.15) is 0 Å². The summed E-state index contributed by atoms with van der Waals surface area (Å²) in [6, 6.07) is 3.90. The van der Waals surface area contributed by atoms with Crippen molar-refractivity contribution < 1.29 is 4.39 Å². The summed E-state index contributed by atoms with van der Waals surface area (Å²) >= 11 is 5.95. The Morgan fingerprint density at radius 2 is 1.88 bits per heavy atom. The average molecular weight is 254 g/mol. The maximum absolute atomic E-state index is 13.2. The Morgan fingerprint density at radius 3 is 2.47 bits per heavy atom. The molecule has 0 aliphatic heterocycles. The number of hydrogen-bond donors (Lipinski definition) is 1. The van der Waals surface area contributed by atoms with Crippen molar-refractivity contribution in [1.29, 1.82) is 0 Å². The van der Waals surface area contributed by atoms with Gasteiger partial charge in [-0.05, 0) is 12.1 Å². The monoisotopic (exact) mass is 253 g/mol. The Morgan fingerprint density at radius 1 is 1.24 bits per heavy atom. The van der Waals surface area contributed by atoms with E-state index < -0.39 is 5.82 Å². The zero-order valence-electron chi connectivity index (χ0n) is 9.90. The van der Waals surface area contributed by atoms with E-state index in [1.165, 1.54) is 18.2 Å². The van der Waals surface area contributed by atoms with Crippen LogP contribution in [0.25, 0.3) is 10.9 Å². The molecule has 0 atom stereocenters. The third-order valence-corrected chi connectivity index (χ3v) is 2.96. The smallest absolute Gasteiger partial charge is 0.189 e. The van der Waals surface area contributed by atoms with Gasteiger partial charge in [0.25, 0.3) is 0 Å². The van der Waals surface area contributed by atoms with Crippen LogP contribution in [0.1, 0.15) is 26.5 Å². The number of pyridine rings is 1. The number of fused-ring (bicyclic) bond motifs is 1. The van der Waals surface area contributed by atoms with Crippen LogP contribution in [0.2, 0.25) is 5.02 Å². The fourth-order valence-electron chi connectivity index (χ4n) is 1.68. The number of aromatic amines is 1. The van der Waals surface area contributed by atoms with Gasteiger partial charge < -0.3 is 4.98 Å².